The van der Waals surface area contributed by atoms with Crippen molar-refractivity contribution in [3.8, 4) is 5.75 Å². The average Bonchev–Trinajstić information content (AvgIpc) is 2.88. The SMILES string of the molecule is C=C(C)OCOc1ccc2c(c1C(=O)O)c1ccccc1n2C(C)=O. The molecule has 0 unspecified atom stereocenters. The molecule has 3 rings (SSSR count). The molecule has 2 aromatic carbocycles. The predicted octanol–water partition coefficient (Wildman–Crippen LogP) is 4.04. The highest BCUT2D eigenvalue weighted by molar-refractivity contribution is 6.20. The van der Waals surface area contributed by atoms with Crippen molar-refractivity contribution >= 4 is 33.7 Å². The topological polar surface area (TPSA) is 77.8 Å². The average molecular weight is 339 g/mol. The Balaban J connectivity index is 2.30. The van der Waals surface area contributed by atoms with Crippen LogP contribution in [0.4, 0.5) is 0 Å². The Labute approximate surface area is 143 Å². The van der Waals surface area contributed by atoms with Crippen molar-refractivity contribution in [3.05, 3.63) is 54.3 Å². The quantitative estimate of drug-likeness (QED) is 0.561. The van der Waals surface area contributed by atoms with E-state index >= 15 is 0 Å². The Bertz CT molecular complexity index is 1020. The molecule has 0 aliphatic carbocycles. The number of benzene rings is 2. The number of hydrogen-bond acceptors (Lipinski definition) is 4. The summed E-state index contributed by atoms with van der Waals surface area (Å²) in [5.74, 6) is -0.692. The number of carbonyl (C=O) groups is 2. The Kier molecular flexibility index (Phi) is 4.19. The first kappa shape index (κ1) is 16.6. The molecule has 0 saturated heterocycles. The molecule has 0 saturated carbocycles. The number of aromatic carboxylic acids is 1. The summed E-state index contributed by atoms with van der Waals surface area (Å²) in [6.45, 7) is 6.57. The Hall–Kier alpha value is -3.28. The van der Waals surface area contributed by atoms with Crippen molar-refractivity contribution in [2.45, 2.75) is 13.8 Å². The van der Waals surface area contributed by atoms with Crippen molar-refractivity contribution in [2.75, 3.05) is 6.79 Å². The van der Waals surface area contributed by atoms with E-state index in [4.69, 9.17) is 9.47 Å². The van der Waals surface area contributed by atoms with E-state index in [1.165, 1.54) is 17.6 Å². The van der Waals surface area contributed by atoms with Crippen LogP contribution in [0.2, 0.25) is 0 Å². The molecule has 0 fully saturated rings. The largest absolute Gasteiger partial charge is 0.478 e. The maximum absolute atomic E-state index is 12.1. The van der Waals surface area contributed by atoms with Gasteiger partial charge in [0.05, 0.1) is 16.8 Å². The van der Waals surface area contributed by atoms with E-state index in [0.29, 0.717) is 27.6 Å². The lowest BCUT2D eigenvalue weighted by atomic mass is 10.1. The van der Waals surface area contributed by atoms with E-state index in [2.05, 4.69) is 6.58 Å². The van der Waals surface area contributed by atoms with Crippen molar-refractivity contribution in [1.29, 1.82) is 0 Å². The lowest BCUT2D eigenvalue weighted by molar-refractivity contribution is 0.0580. The summed E-state index contributed by atoms with van der Waals surface area (Å²) < 4.78 is 12.1. The number of hydrogen-bond donors (Lipinski definition) is 1. The van der Waals surface area contributed by atoms with Crippen LogP contribution in [0.1, 0.15) is 29.0 Å². The number of ether oxygens (including phenoxy) is 2. The number of carboxylic acid groups (broad SMARTS) is 1. The molecule has 6 heteroatoms. The molecule has 0 atom stereocenters. The van der Waals surface area contributed by atoms with Crippen molar-refractivity contribution < 1.29 is 24.2 Å². The summed E-state index contributed by atoms with van der Waals surface area (Å²) in [7, 11) is 0. The number of fused-ring (bicyclic) bond motifs is 3. The number of nitrogens with zero attached hydrogens (tertiary/aromatic N) is 1. The molecule has 25 heavy (non-hydrogen) atoms. The van der Waals surface area contributed by atoms with E-state index in [-0.39, 0.29) is 24.0 Å². The van der Waals surface area contributed by atoms with E-state index in [1.807, 2.05) is 0 Å². The summed E-state index contributed by atoms with van der Waals surface area (Å²) in [4.78, 5) is 24.0. The van der Waals surface area contributed by atoms with Gasteiger partial charge in [-0.05, 0) is 25.1 Å². The van der Waals surface area contributed by atoms with Crippen LogP contribution in [0, 0.1) is 0 Å². The van der Waals surface area contributed by atoms with Gasteiger partial charge in [0, 0.05) is 17.7 Å². The van der Waals surface area contributed by atoms with Crippen molar-refractivity contribution in [3.63, 3.8) is 0 Å². The molecular weight excluding hydrogens is 322 g/mol. The third kappa shape index (κ3) is 2.82. The van der Waals surface area contributed by atoms with E-state index in [9.17, 15) is 14.7 Å². The summed E-state index contributed by atoms with van der Waals surface area (Å²) >= 11 is 0. The molecule has 1 N–H and O–H groups in total. The zero-order valence-corrected chi connectivity index (χ0v) is 13.9. The van der Waals surface area contributed by atoms with Gasteiger partial charge in [-0.25, -0.2) is 4.79 Å². The molecule has 1 heterocycles. The third-order valence-corrected chi connectivity index (χ3v) is 3.85. The molecule has 0 aliphatic heterocycles. The molecule has 1 aromatic heterocycles. The molecular formula is C19H17NO5. The fourth-order valence-electron chi connectivity index (χ4n) is 2.91. The van der Waals surface area contributed by atoms with Crippen LogP contribution in [0.25, 0.3) is 21.8 Å². The number of carboxylic acids is 1. The maximum atomic E-state index is 12.1. The van der Waals surface area contributed by atoms with Crippen molar-refractivity contribution in [1.82, 2.24) is 4.57 Å². The standard InChI is InChI=1S/C19H17NO5/c1-11(2)24-10-25-16-9-8-15-17(18(16)19(22)23)13-6-4-5-7-14(13)20(15)12(3)21/h4-9H,1,10H2,2-3H3,(H,22,23). The molecule has 0 amide bonds. The molecule has 0 spiro atoms. The van der Waals surface area contributed by atoms with Gasteiger partial charge in [-0.15, -0.1) is 0 Å². The minimum atomic E-state index is -1.14. The van der Waals surface area contributed by atoms with Gasteiger partial charge in [-0.1, -0.05) is 24.8 Å². The lowest BCUT2D eigenvalue weighted by Crippen LogP contribution is -2.08. The Morgan fingerprint density at radius 3 is 2.48 bits per heavy atom. The number of para-hydroxylation sites is 1. The van der Waals surface area contributed by atoms with Crippen LogP contribution in [0.3, 0.4) is 0 Å². The summed E-state index contributed by atoms with van der Waals surface area (Å²) in [6, 6.07) is 10.4. The minimum Gasteiger partial charge on any atom is -0.478 e. The monoisotopic (exact) mass is 339 g/mol. The highest BCUT2D eigenvalue weighted by atomic mass is 16.7. The van der Waals surface area contributed by atoms with Crippen LogP contribution >= 0.6 is 0 Å². The first-order valence-electron chi connectivity index (χ1n) is 7.63. The second-order valence-corrected chi connectivity index (χ2v) is 5.62. The van der Waals surface area contributed by atoms with Crippen LogP contribution in [0.15, 0.2) is 48.7 Å². The van der Waals surface area contributed by atoms with Gasteiger partial charge in [0.2, 0.25) is 12.7 Å². The predicted molar refractivity (Wildman–Crippen MR) is 94.1 cm³/mol. The lowest BCUT2D eigenvalue weighted by Gasteiger charge is -2.11. The van der Waals surface area contributed by atoms with Crippen LogP contribution in [-0.2, 0) is 4.74 Å². The van der Waals surface area contributed by atoms with Gasteiger partial charge >= 0.3 is 5.97 Å². The molecule has 0 bridgehead atoms. The Morgan fingerprint density at radius 1 is 1.12 bits per heavy atom. The summed E-state index contributed by atoms with van der Waals surface area (Å²) in [5.41, 5.74) is 1.18. The van der Waals surface area contributed by atoms with E-state index in [1.54, 1.807) is 37.3 Å². The number of rotatable bonds is 5. The number of aromatic nitrogens is 1. The molecule has 0 aliphatic rings. The first-order valence-corrected chi connectivity index (χ1v) is 7.63. The second-order valence-electron chi connectivity index (χ2n) is 5.62. The van der Waals surface area contributed by atoms with E-state index in [0.717, 1.165) is 0 Å². The first-order chi connectivity index (χ1) is 11.9. The normalized spacial score (nSPS) is 10.8. The van der Waals surface area contributed by atoms with Crippen molar-refractivity contribution in [2.24, 2.45) is 0 Å². The van der Waals surface area contributed by atoms with Gasteiger partial charge in [-0.3, -0.25) is 9.36 Å². The third-order valence-electron chi connectivity index (χ3n) is 3.85. The van der Waals surface area contributed by atoms with E-state index < -0.39 is 5.97 Å². The van der Waals surface area contributed by atoms with Gasteiger partial charge in [0.15, 0.2) is 0 Å². The summed E-state index contributed by atoms with van der Waals surface area (Å²) in [6.07, 6.45) is 0. The number of carbonyl (C=O) groups excluding carboxylic acids is 1. The molecule has 0 radical (unpaired) electrons. The minimum absolute atomic E-state index is 0.000912. The maximum Gasteiger partial charge on any atom is 0.340 e. The smallest absolute Gasteiger partial charge is 0.340 e. The fourth-order valence-corrected chi connectivity index (χ4v) is 2.91. The molecule has 128 valence electrons. The van der Waals surface area contributed by atoms with Gasteiger partial charge in [-0.2, -0.15) is 0 Å². The number of allylic oxidation sites excluding steroid dienone is 1. The highest BCUT2D eigenvalue weighted by Gasteiger charge is 2.23. The van der Waals surface area contributed by atoms with Gasteiger partial charge in [0.25, 0.3) is 0 Å². The molecule has 3 aromatic rings. The van der Waals surface area contributed by atoms with Gasteiger partial charge < -0.3 is 14.6 Å². The zero-order valence-electron chi connectivity index (χ0n) is 13.9. The Morgan fingerprint density at radius 2 is 1.84 bits per heavy atom. The van der Waals surface area contributed by atoms with Gasteiger partial charge in [0.1, 0.15) is 11.3 Å². The van der Waals surface area contributed by atoms with Crippen LogP contribution in [-0.4, -0.2) is 28.3 Å². The fraction of sp³-hybridized carbons (Fsp3) is 0.158. The van der Waals surface area contributed by atoms with Crippen LogP contribution < -0.4 is 4.74 Å². The highest BCUT2D eigenvalue weighted by Crippen LogP contribution is 2.36. The molecule has 6 nitrogen and oxygen atoms in total. The summed E-state index contributed by atoms with van der Waals surface area (Å²) in [5, 5.41) is 10.9. The van der Waals surface area contributed by atoms with Crippen LogP contribution in [0.5, 0.6) is 5.75 Å². The second kappa shape index (κ2) is 6.32. The zero-order chi connectivity index (χ0) is 18.1.